The molecule has 104 valence electrons. The number of allylic oxidation sites excluding steroid dienone is 2. The largest absolute Gasteiger partial charge is 0.204 e. The lowest BCUT2D eigenvalue weighted by molar-refractivity contribution is 0.236. The average molecular weight is 264 g/mol. The number of rotatable bonds is 2. The van der Waals surface area contributed by atoms with Crippen molar-refractivity contribution in [3.63, 3.8) is 0 Å². The van der Waals surface area contributed by atoms with Crippen molar-refractivity contribution in [3.05, 3.63) is 47.0 Å². The van der Waals surface area contributed by atoms with Gasteiger partial charge in [-0.25, -0.2) is 8.78 Å². The first-order chi connectivity index (χ1) is 8.84. The molecule has 0 bridgehead atoms. The minimum Gasteiger partial charge on any atom is -0.204 e. The molecule has 0 amide bonds. The van der Waals surface area contributed by atoms with Crippen molar-refractivity contribution in [2.75, 3.05) is 0 Å². The molecule has 2 rings (SSSR count). The Balaban J connectivity index is 2.52. The maximum Gasteiger partial charge on any atom is 0.159 e. The molecular weight excluding hydrogens is 242 g/mol. The number of hydrogen-bond acceptors (Lipinski definition) is 0. The number of hydrogen-bond donors (Lipinski definition) is 0. The summed E-state index contributed by atoms with van der Waals surface area (Å²) in [6.45, 7) is 8.68. The highest BCUT2D eigenvalue weighted by Gasteiger charge is 2.38. The molecule has 19 heavy (non-hydrogen) atoms. The van der Waals surface area contributed by atoms with Gasteiger partial charge in [0.1, 0.15) is 0 Å². The number of benzene rings is 1. The van der Waals surface area contributed by atoms with Gasteiger partial charge >= 0.3 is 0 Å². The van der Waals surface area contributed by atoms with E-state index < -0.39 is 11.6 Å². The van der Waals surface area contributed by atoms with Crippen molar-refractivity contribution < 1.29 is 8.78 Å². The van der Waals surface area contributed by atoms with Crippen LogP contribution in [-0.4, -0.2) is 0 Å². The summed E-state index contributed by atoms with van der Waals surface area (Å²) in [6.07, 6.45) is 4.45. The monoisotopic (exact) mass is 264 g/mol. The van der Waals surface area contributed by atoms with Gasteiger partial charge < -0.3 is 0 Å². The maximum absolute atomic E-state index is 13.5. The average Bonchev–Trinajstić information content (AvgIpc) is 2.31. The van der Waals surface area contributed by atoms with Gasteiger partial charge in [0, 0.05) is 5.41 Å². The lowest BCUT2D eigenvalue weighted by Crippen LogP contribution is -2.36. The van der Waals surface area contributed by atoms with E-state index in [1.165, 1.54) is 17.7 Å². The Morgan fingerprint density at radius 3 is 2.47 bits per heavy atom. The molecule has 0 N–H and O–H groups in total. The predicted molar refractivity (Wildman–Crippen MR) is 75.0 cm³/mol. The molecule has 1 aromatic carbocycles. The molecule has 1 aliphatic carbocycles. The lowest BCUT2D eigenvalue weighted by Gasteiger charge is -2.42. The first-order valence-corrected chi connectivity index (χ1v) is 6.98. The minimum atomic E-state index is -0.773. The SMILES string of the molecule is CC1=C[C@](C)(c2ccc(F)c(F)c2)C(C(C)C)CC1. The van der Waals surface area contributed by atoms with Gasteiger partial charge in [-0.15, -0.1) is 0 Å². The van der Waals surface area contributed by atoms with Gasteiger partial charge in [-0.1, -0.05) is 38.5 Å². The van der Waals surface area contributed by atoms with Gasteiger partial charge in [0.05, 0.1) is 0 Å². The van der Waals surface area contributed by atoms with Crippen molar-refractivity contribution in [2.24, 2.45) is 11.8 Å². The third-order valence-electron chi connectivity index (χ3n) is 4.51. The fourth-order valence-corrected chi connectivity index (χ4v) is 3.53. The summed E-state index contributed by atoms with van der Waals surface area (Å²) in [5, 5.41) is 0. The Labute approximate surface area is 114 Å². The molecule has 2 heteroatoms. The molecule has 0 spiro atoms. The van der Waals surface area contributed by atoms with E-state index in [0.29, 0.717) is 11.8 Å². The summed E-state index contributed by atoms with van der Waals surface area (Å²) < 4.78 is 26.7. The van der Waals surface area contributed by atoms with E-state index in [2.05, 4.69) is 33.8 Å². The van der Waals surface area contributed by atoms with Crippen LogP contribution < -0.4 is 0 Å². The second-order valence-corrected chi connectivity index (χ2v) is 6.29. The van der Waals surface area contributed by atoms with Crippen LogP contribution in [-0.2, 0) is 5.41 Å². The summed E-state index contributed by atoms with van der Waals surface area (Å²) >= 11 is 0. The summed E-state index contributed by atoms with van der Waals surface area (Å²) in [4.78, 5) is 0. The summed E-state index contributed by atoms with van der Waals surface area (Å²) in [5.41, 5.74) is 2.01. The van der Waals surface area contributed by atoms with Crippen molar-refractivity contribution in [2.45, 2.75) is 46.0 Å². The van der Waals surface area contributed by atoms with E-state index in [-0.39, 0.29) is 5.41 Å². The Bertz CT molecular complexity index is 502. The Morgan fingerprint density at radius 2 is 1.89 bits per heavy atom. The summed E-state index contributed by atoms with van der Waals surface area (Å²) in [7, 11) is 0. The van der Waals surface area contributed by atoms with Crippen molar-refractivity contribution >= 4 is 0 Å². The molecule has 0 aliphatic heterocycles. The normalized spacial score (nSPS) is 27.5. The molecule has 1 aliphatic rings. The standard InChI is InChI=1S/C17H22F2/c1-11(2)14-7-5-12(3)10-17(14,4)13-6-8-15(18)16(19)9-13/h6,8-11,14H,5,7H2,1-4H3/t14?,17-/m1/s1. The minimum absolute atomic E-state index is 0.203. The highest BCUT2D eigenvalue weighted by molar-refractivity contribution is 5.35. The van der Waals surface area contributed by atoms with E-state index >= 15 is 0 Å². The van der Waals surface area contributed by atoms with Crippen molar-refractivity contribution in [3.8, 4) is 0 Å². The molecular formula is C17H22F2. The Hall–Kier alpha value is -1.18. The van der Waals surface area contributed by atoms with Gasteiger partial charge in [0.15, 0.2) is 11.6 Å². The van der Waals surface area contributed by atoms with Crippen LogP contribution in [0.25, 0.3) is 0 Å². The van der Waals surface area contributed by atoms with Gasteiger partial charge in [-0.05, 0) is 49.3 Å². The Morgan fingerprint density at radius 1 is 1.21 bits per heavy atom. The molecule has 0 radical (unpaired) electrons. The van der Waals surface area contributed by atoms with Crippen LogP contribution in [0.5, 0.6) is 0 Å². The van der Waals surface area contributed by atoms with Gasteiger partial charge in [-0.3, -0.25) is 0 Å². The lowest BCUT2D eigenvalue weighted by atomic mass is 9.62. The second kappa shape index (κ2) is 5.07. The summed E-state index contributed by atoms with van der Waals surface area (Å²) in [5.74, 6) is -0.550. The van der Waals surface area contributed by atoms with Crippen LogP contribution in [0.15, 0.2) is 29.8 Å². The van der Waals surface area contributed by atoms with Crippen molar-refractivity contribution in [1.29, 1.82) is 0 Å². The quantitative estimate of drug-likeness (QED) is 0.641. The van der Waals surface area contributed by atoms with E-state index in [1.807, 2.05) is 0 Å². The van der Waals surface area contributed by atoms with E-state index in [0.717, 1.165) is 18.4 Å². The van der Waals surface area contributed by atoms with Crippen LogP contribution in [0.2, 0.25) is 0 Å². The molecule has 0 aromatic heterocycles. The van der Waals surface area contributed by atoms with Gasteiger partial charge in [0.25, 0.3) is 0 Å². The van der Waals surface area contributed by atoms with Crippen molar-refractivity contribution in [1.82, 2.24) is 0 Å². The zero-order valence-corrected chi connectivity index (χ0v) is 12.1. The predicted octanol–water partition coefficient (Wildman–Crippen LogP) is 5.23. The molecule has 2 atom stereocenters. The highest BCUT2D eigenvalue weighted by atomic mass is 19.2. The van der Waals surface area contributed by atoms with E-state index in [4.69, 9.17) is 0 Å². The third kappa shape index (κ3) is 2.58. The third-order valence-corrected chi connectivity index (χ3v) is 4.51. The zero-order valence-electron chi connectivity index (χ0n) is 12.1. The first kappa shape index (κ1) is 14.2. The molecule has 1 aromatic rings. The van der Waals surface area contributed by atoms with Gasteiger partial charge in [0.2, 0.25) is 0 Å². The number of halogens is 2. The second-order valence-electron chi connectivity index (χ2n) is 6.29. The zero-order chi connectivity index (χ0) is 14.2. The van der Waals surface area contributed by atoms with Crippen LogP contribution in [0.1, 0.15) is 46.1 Å². The van der Waals surface area contributed by atoms with Crippen LogP contribution >= 0.6 is 0 Å². The smallest absolute Gasteiger partial charge is 0.159 e. The summed E-state index contributed by atoms with van der Waals surface area (Å²) in [6, 6.07) is 4.33. The fraction of sp³-hybridized carbons (Fsp3) is 0.529. The van der Waals surface area contributed by atoms with Crippen LogP contribution in [0.4, 0.5) is 8.78 Å². The fourth-order valence-electron chi connectivity index (χ4n) is 3.53. The molecule has 0 saturated carbocycles. The molecule has 0 fully saturated rings. The molecule has 0 nitrogen and oxygen atoms in total. The molecule has 0 saturated heterocycles. The first-order valence-electron chi connectivity index (χ1n) is 6.98. The van der Waals surface area contributed by atoms with Gasteiger partial charge in [-0.2, -0.15) is 0 Å². The Kier molecular flexibility index (Phi) is 3.80. The molecule has 0 heterocycles. The van der Waals surface area contributed by atoms with E-state index in [1.54, 1.807) is 6.07 Å². The topological polar surface area (TPSA) is 0 Å². The van der Waals surface area contributed by atoms with Crippen LogP contribution in [0.3, 0.4) is 0 Å². The van der Waals surface area contributed by atoms with Crippen LogP contribution in [0, 0.1) is 23.5 Å². The highest BCUT2D eigenvalue weighted by Crippen LogP contribution is 2.45. The van der Waals surface area contributed by atoms with E-state index in [9.17, 15) is 8.78 Å². The maximum atomic E-state index is 13.5. The molecule has 1 unspecified atom stereocenters.